The smallest absolute Gasteiger partial charge is 0.231 e. The van der Waals surface area contributed by atoms with E-state index >= 15 is 0 Å². The van der Waals surface area contributed by atoms with Gasteiger partial charge in [0.05, 0.1) is 16.4 Å². The minimum atomic E-state index is -3.29. The van der Waals surface area contributed by atoms with Crippen LogP contribution in [0.5, 0.6) is 0 Å². The molecule has 15 heavy (non-hydrogen) atoms. The van der Waals surface area contributed by atoms with Crippen LogP contribution in [0.3, 0.4) is 0 Å². The molecule has 0 aliphatic carbocycles. The minimum Gasteiger partial charge on any atom is -0.279 e. The van der Waals surface area contributed by atoms with E-state index in [1.165, 1.54) is 0 Å². The van der Waals surface area contributed by atoms with Gasteiger partial charge in [0.15, 0.2) is 5.82 Å². The average Bonchev–Trinajstić information content (AvgIpc) is 2.27. The highest BCUT2D eigenvalue weighted by atomic mass is 79.9. The number of hydrogen-bond acceptors (Lipinski definition) is 3. The van der Waals surface area contributed by atoms with Gasteiger partial charge in [-0.25, -0.2) is 8.42 Å². The van der Waals surface area contributed by atoms with Gasteiger partial charge >= 0.3 is 0 Å². The van der Waals surface area contributed by atoms with E-state index < -0.39 is 10.0 Å². The van der Waals surface area contributed by atoms with Crippen LogP contribution < -0.4 is 4.72 Å². The van der Waals surface area contributed by atoms with Crippen molar-refractivity contribution in [3.05, 3.63) is 10.2 Å². The van der Waals surface area contributed by atoms with Crippen LogP contribution in [-0.2, 0) is 15.4 Å². The second kappa shape index (κ2) is 3.79. The van der Waals surface area contributed by atoms with Crippen molar-refractivity contribution in [2.45, 2.75) is 26.2 Å². The monoisotopic (exact) mass is 295 g/mol. The Morgan fingerprint density at radius 1 is 1.40 bits per heavy atom. The molecule has 0 fully saturated rings. The van der Waals surface area contributed by atoms with Gasteiger partial charge in [-0.1, -0.05) is 20.8 Å². The lowest BCUT2D eigenvalue weighted by molar-refractivity contribution is 0.564. The fraction of sp³-hybridized carbons (Fsp3) is 0.625. The van der Waals surface area contributed by atoms with Gasteiger partial charge in [-0.15, -0.1) is 0 Å². The molecule has 0 aliphatic heterocycles. The molecule has 0 saturated carbocycles. The van der Waals surface area contributed by atoms with Gasteiger partial charge in [0.1, 0.15) is 0 Å². The third-order valence-electron chi connectivity index (χ3n) is 1.74. The summed E-state index contributed by atoms with van der Waals surface area (Å²) in [4.78, 5) is 0. The summed E-state index contributed by atoms with van der Waals surface area (Å²) in [6.07, 6.45) is 1.09. The Labute approximate surface area is 97.8 Å². The number of aromatic amines is 1. The molecule has 1 rings (SSSR count). The van der Waals surface area contributed by atoms with Gasteiger partial charge in [-0.05, 0) is 15.9 Å². The molecule has 5 nitrogen and oxygen atoms in total. The summed E-state index contributed by atoms with van der Waals surface area (Å²) in [7, 11) is -3.29. The van der Waals surface area contributed by atoms with E-state index in [4.69, 9.17) is 0 Å². The van der Waals surface area contributed by atoms with E-state index in [0.717, 1.165) is 11.9 Å². The van der Waals surface area contributed by atoms with Crippen LogP contribution in [-0.4, -0.2) is 24.9 Å². The molecular weight excluding hydrogens is 282 g/mol. The number of anilines is 1. The molecule has 0 saturated heterocycles. The predicted molar refractivity (Wildman–Crippen MR) is 63.5 cm³/mol. The summed E-state index contributed by atoms with van der Waals surface area (Å²) >= 11 is 3.32. The van der Waals surface area contributed by atoms with Crippen LogP contribution in [0.1, 0.15) is 26.5 Å². The number of aromatic nitrogens is 2. The maximum Gasteiger partial charge on any atom is 0.231 e. The zero-order valence-electron chi connectivity index (χ0n) is 9.05. The van der Waals surface area contributed by atoms with Crippen LogP contribution in [0.15, 0.2) is 4.47 Å². The Balaban J connectivity index is 3.11. The Morgan fingerprint density at radius 2 is 1.93 bits per heavy atom. The first-order valence-corrected chi connectivity index (χ1v) is 7.02. The Bertz CT molecular complexity index is 459. The van der Waals surface area contributed by atoms with Crippen LogP contribution in [0.4, 0.5) is 5.82 Å². The first-order valence-electron chi connectivity index (χ1n) is 4.33. The van der Waals surface area contributed by atoms with Crippen LogP contribution in [0.2, 0.25) is 0 Å². The summed E-state index contributed by atoms with van der Waals surface area (Å²) in [5.41, 5.74) is 0.733. The van der Waals surface area contributed by atoms with Gasteiger partial charge in [0.2, 0.25) is 10.0 Å². The maximum atomic E-state index is 11.0. The van der Waals surface area contributed by atoms with E-state index in [1.54, 1.807) is 0 Å². The molecule has 0 unspecified atom stereocenters. The third-order valence-corrected chi connectivity index (χ3v) is 3.08. The predicted octanol–water partition coefficient (Wildman–Crippen LogP) is 1.84. The second-order valence-corrected chi connectivity index (χ2v) is 6.93. The Hall–Kier alpha value is -0.560. The number of nitrogens with zero attached hydrogens (tertiary/aromatic N) is 1. The van der Waals surface area contributed by atoms with Gasteiger partial charge in [0, 0.05) is 5.41 Å². The van der Waals surface area contributed by atoms with Crippen molar-refractivity contribution in [3.63, 3.8) is 0 Å². The SMILES string of the molecule is CC(C)(C)c1[nH]nc(NS(C)(=O)=O)c1Br. The molecule has 2 N–H and O–H groups in total. The van der Waals surface area contributed by atoms with Gasteiger partial charge in [0.25, 0.3) is 0 Å². The lowest BCUT2D eigenvalue weighted by Gasteiger charge is -2.16. The molecule has 0 radical (unpaired) electrons. The minimum absolute atomic E-state index is 0.122. The molecule has 0 atom stereocenters. The Kier molecular flexibility index (Phi) is 3.16. The molecule has 1 heterocycles. The molecular formula is C8H14BrN3O2S. The Morgan fingerprint density at radius 3 is 2.27 bits per heavy atom. The molecule has 0 aromatic carbocycles. The number of H-pyrrole nitrogens is 1. The highest BCUT2D eigenvalue weighted by molar-refractivity contribution is 9.10. The lowest BCUT2D eigenvalue weighted by Crippen LogP contribution is -2.13. The third kappa shape index (κ3) is 3.20. The van der Waals surface area contributed by atoms with E-state index in [2.05, 4.69) is 30.8 Å². The van der Waals surface area contributed by atoms with E-state index in [0.29, 0.717) is 10.3 Å². The second-order valence-electron chi connectivity index (χ2n) is 4.39. The van der Waals surface area contributed by atoms with Crippen LogP contribution in [0, 0.1) is 0 Å². The zero-order chi connectivity index (χ0) is 11.9. The molecule has 86 valence electrons. The fourth-order valence-corrected chi connectivity index (χ4v) is 2.57. The lowest BCUT2D eigenvalue weighted by atomic mass is 9.92. The summed E-state index contributed by atoms with van der Waals surface area (Å²) < 4.78 is 25.0. The van der Waals surface area contributed by atoms with Crippen molar-refractivity contribution in [1.82, 2.24) is 10.2 Å². The molecule has 0 amide bonds. The quantitative estimate of drug-likeness (QED) is 0.874. The number of rotatable bonds is 2. The molecule has 0 aliphatic rings. The topological polar surface area (TPSA) is 74.8 Å². The molecule has 0 spiro atoms. The van der Waals surface area contributed by atoms with Crippen molar-refractivity contribution in [2.24, 2.45) is 0 Å². The number of nitrogens with one attached hydrogen (secondary N) is 2. The zero-order valence-corrected chi connectivity index (χ0v) is 11.5. The normalized spacial score (nSPS) is 12.9. The molecule has 1 aromatic rings. The summed E-state index contributed by atoms with van der Waals surface area (Å²) in [5.74, 6) is 0.294. The van der Waals surface area contributed by atoms with Crippen LogP contribution in [0.25, 0.3) is 0 Å². The van der Waals surface area contributed by atoms with Crippen molar-refractivity contribution >= 4 is 31.8 Å². The summed E-state index contributed by atoms with van der Waals surface area (Å²) in [6, 6.07) is 0. The highest BCUT2D eigenvalue weighted by Crippen LogP contribution is 2.32. The first kappa shape index (κ1) is 12.5. The fourth-order valence-electron chi connectivity index (χ4n) is 1.07. The standard InChI is InChI=1S/C8H14BrN3O2S/c1-8(2,3)6-5(9)7(11-10-6)12-15(4,13)14/h1-4H3,(H2,10,11,12). The van der Waals surface area contributed by atoms with E-state index in [-0.39, 0.29) is 5.41 Å². The molecule has 0 bridgehead atoms. The van der Waals surface area contributed by atoms with Crippen molar-refractivity contribution in [1.29, 1.82) is 0 Å². The highest BCUT2D eigenvalue weighted by Gasteiger charge is 2.23. The van der Waals surface area contributed by atoms with Crippen molar-refractivity contribution in [3.8, 4) is 0 Å². The summed E-state index contributed by atoms with van der Waals surface area (Å²) in [6.45, 7) is 6.03. The van der Waals surface area contributed by atoms with E-state index in [1.807, 2.05) is 20.8 Å². The molecule has 7 heteroatoms. The number of halogens is 1. The van der Waals surface area contributed by atoms with E-state index in [9.17, 15) is 8.42 Å². The largest absolute Gasteiger partial charge is 0.279 e. The summed E-state index contributed by atoms with van der Waals surface area (Å²) in [5, 5.41) is 6.72. The molecule has 1 aromatic heterocycles. The van der Waals surface area contributed by atoms with Gasteiger partial charge < -0.3 is 0 Å². The average molecular weight is 296 g/mol. The van der Waals surface area contributed by atoms with Crippen LogP contribution >= 0.6 is 15.9 Å². The first-order chi connectivity index (χ1) is 6.61. The van der Waals surface area contributed by atoms with Crippen molar-refractivity contribution < 1.29 is 8.42 Å². The maximum absolute atomic E-state index is 11.0. The number of hydrogen-bond donors (Lipinski definition) is 2. The number of sulfonamides is 1. The van der Waals surface area contributed by atoms with Crippen molar-refractivity contribution in [2.75, 3.05) is 11.0 Å². The van der Waals surface area contributed by atoms with Gasteiger partial charge in [-0.3, -0.25) is 9.82 Å². The van der Waals surface area contributed by atoms with Gasteiger partial charge in [-0.2, -0.15) is 5.10 Å².